The Bertz CT molecular complexity index is 620. The Kier molecular flexibility index (Phi) is 6.61. The van der Waals surface area contributed by atoms with Crippen LogP contribution in [0, 0.1) is 7.43 Å². The SMILES string of the molecule is [CH3-].[Zr+3].c1ccc2[cH-]ccc2c1.c1ccc2[cH-]ccc2c1. The maximum atomic E-state index is 2.12. The van der Waals surface area contributed by atoms with Crippen LogP contribution in [0.5, 0.6) is 0 Å². The molecule has 0 saturated heterocycles. The zero-order valence-corrected chi connectivity index (χ0v) is 14.0. The Labute approximate surface area is 139 Å². The molecule has 0 N–H and O–H groups in total. The molecule has 0 aromatic heterocycles. The van der Waals surface area contributed by atoms with E-state index < -0.39 is 0 Å². The van der Waals surface area contributed by atoms with Crippen LogP contribution in [0.15, 0.2) is 84.9 Å². The van der Waals surface area contributed by atoms with Gasteiger partial charge in [0.2, 0.25) is 0 Å². The Morgan fingerprint density at radius 2 is 0.950 bits per heavy atom. The first kappa shape index (κ1) is 16.6. The van der Waals surface area contributed by atoms with Crippen molar-refractivity contribution < 1.29 is 26.2 Å². The van der Waals surface area contributed by atoms with E-state index in [0.29, 0.717) is 0 Å². The molecule has 1 radical (unpaired) electrons. The molecule has 0 aliphatic heterocycles. The fraction of sp³-hybridized carbons (Fsp3) is 0. The third-order valence-corrected chi connectivity index (χ3v) is 3.10. The Morgan fingerprint density at radius 1 is 0.550 bits per heavy atom. The summed E-state index contributed by atoms with van der Waals surface area (Å²) in [6, 6.07) is 29.3. The van der Waals surface area contributed by atoms with Crippen LogP contribution in [0.4, 0.5) is 0 Å². The number of hydrogen-bond acceptors (Lipinski definition) is 0. The van der Waals surface area contributed by atoms with Gasteiger partial charge in [0.1, 0.15) is 0 Å². The molecule has 0 spiro atoms. The summed E-state index contributed by atoms with van der Waals surface area (Å²) in [5.41, 5.74) is 0. The Morgan fingerprint density at radius 3 is 1.35 bits per heavy atom. The first-order valence-corrected chi connectivity index (χ1v) is 6.14. The van der Waals surface area contributed by atoms with Gasteiger partial charge in [-0.15, -0.1) is 59.3 Å². The third-order valence-electron chi connectivity index (χ3n) is 3.10. The first-order chi connectivity index (χ1) is 8.93. The maximum absolute atomic E-state index is 2.12. The van der Waals surface area contributed by atoms with Gasteiger partial charge in [-0.05, 0) is 0 Å². The van der Waals surface area contributed by atoms with E-state index in [1.807, 2.05) is 0 Å². The second kappa shape index (κ2) is 7.97. The topological polar surface area (TPSA) is 0 Å². The molecule has 0 nitrogen and oxygen atoms in total. The smallest absolute Gasteiger partial charge is 0.358 e. The van der Waals surface area contributed by atoms with Crippen molar-refractivity contribution in [1.29, 1.82) is 0 Å². The van der Waals surface area contributed by atoms with Crippen molar-refractivity contribution in [3.8, 4) is 0 Å². The van der Waals surface area contributed by atoms with Gasteiger partial charge in [0.25, 0.3) is 0 Å². The molecule has 0 heterocycles. The zero-order valence-electron chi connectivity index (χ0n) is 11.6. The molecule has 0 aliphatic rings. The maximum Gasteiger partial charge on any atom is 3.00 e. The van der Waals surface area contributed by atoms with Gasteiger partial charge in [-0.2, -0.15) is 35.0 Å². The molecule has 4 rings (SSSR count). The number of hydrogen-bond donors (Lipinski definition) is 0. The van der Waals surface area contributed by atoms with Gasteiger partial charge in [0.05, 0.1) is 0 Å². The minimum absolute atomic E-state index is 0. The van der Waals surface area contributed by atoms with Crippen LogP contribution < -0.4 is 0 Å². The number of rotatable bonds is 0. The van der Waals surface area contributed by atoms with Crippen molar-refractivity contribution >= 4 is 21.5 Å². The molecule has 0 unspecified atom stereocenters. The molecule has 20 heavy (non-hydrogen) atoms. The van der Waals surface area contributed by atoms with E-state index in [1.54, 1.807) is 0 Å². The molecule has 0 amide bonds. The van der Waals surface area contributed by atoms with Crippen molar-refractivity contribution in [1.82, 2.24) is 0 Å². The van der Waals surface area contributed by atoms with Crippen molar-refractivity contribution in [3.63, 3.8) is 0 Å². The van der Waals surface area contributed by atoms with Crippen molar-refractivity contribution in [2.45, 2.75) is 0 Å². The summed E-state index contributed by atoms with van der Waals surface area (Å²) in [4.78, 5) is 0. The zero-order chi connectivity index (χ0) is 12.2. The summed E-state index contributed by atoms with van der Waals surface area (Å²) < 4.78 is 0. The monoisotopic (exact) mass is 335 g/mol. The normalized spacial score (nSPS) is 9.20. The van der Waals surface area contributed by atoms with E-state index in [1.165, 1.54) is 21.5 Å². The minimum atomic E-state index is 0. The second-order valence-corrected chi connectivity index (χ2v) is 4.31. The molecule has 0 aliphatic carbocycles. The standard InChI is InChI=1S/2C9H7.CH3.Zr/c2*1-2-5-9-7-3-6-8(9)4-1;;/h2*1-7H;1H3;/q3*-1;+3. The summed E-state index contributed by atoms with van der Waals surface area (Å²) >= 11 is 0. The van der Waals surface area contributed by atoms with Gasteiger partial charge in [-0.1, -0.05) is 12.1 Å². The fourth-order valence-corrected chi connectivity index (χ4v) is 2.14. The molecule has 0 atom stereocenters. The first-order valence-electron chi connectivity index (χ1n) is 6.14. The van der Waals surface area contributed by atoms with E-state index in [0.717, 1.165) is 0 Å². The van der Waals surface area contributed by atoms with Crippen LogP contribution >= 0.6 is 0 Å². The molecular formula is C19H17Zr. The minimum Gasteiger partial charge on any atom is -0.358 e. The van der Waals surface area contributed by atoms with Crippen LogP contribution in [-0.4, -0.2) is 0 Å². The van der Waals surface area contributed by atoms with Gasteiger partial charge in [0.15, 0.2) is 0 Å². The number of fused-ring (bicyclic) bond motifs is 2. The Hall–Kier alpha value is -1.46. The summed E-state index contributed by atoms with van der Waals surface area (Å²) in [5.74, 6) is 0. The fourth-order valence-electron chi connectivity index (χ4n) is 2.14. The third kappa shape index (κ3) is 3.77. The molecule has 4 aromatic rings. The molecule has 0 fully saturated rings. The van der Waals surface area contributed by atoms with Crippen LogP contribution in [0.3, 0.4) is 0 Å². The van der Waals surface area contributed by atoms with Crippen LogP contribution in [0.2, 0.25) is 0 Å². The summed E-state index contributed by atoms with van der Waals surface area (Å²) in [5, 5.41) is 5.32. The van der Waals surface area contributed by atoms with Crippen molar-refractivity contribution in [3.05, 3.63) is 92.4 Å². The number of benzene rings is 2. The summed E-state index contributed by atoms with van der Waals surface area (Å²) in [6.07, 6.45) is 0. The van der Waals surface area contributed by atoms with Crippen LogP contribution in [0.1, 0.15) is 0 Å². The van der Waals surface area contributed by atoms with Gasteiger partial charge >= 0.3 is 26.2 Å². The average molecular weight is 337 g/mol. The molecule has 0 saturated carbocycles. The van der Waals surface area contributed by atoms with Gasteiger partial charge in [-0.25, -0.2) is 0 Å². The van der Waals surface area contributed by atoms with Gasteiger partial charge in [0, 0.05) is 0 Å². The van der Waals surface area contributed by atoms with Crippen LogP contribution in [-0.2, 0) is 26.2 Å². The largest absolute Gasteiger partial charge is 3.00 e. The van der Waals surface area contributed by atoms with E-state index in [2.05, 4.69) is 84.9 Å². The molecule has 1 heteroatoms. The van der Waals surface area contributed by atoms with E-state index >= 15 is 0 Å². The quantitative estimate of drug-likeness (QED) is 0.368. The summed E-state index contributed by atoms with van der Waals surface area (Å²) in [7, 11) is 0. The van der Waals surface area contributed by atoms with E-state index in [4.69, 9.17) is 0 Å². The molecular weight excluding hydrogens is 319 g/mol. The van der Waals surface area contributed by atoms with E-state index in [9.17, 15) is 0 Å². The predicted octanol–water partition coefficient (Wildman–Crippen LogP) is 5.57. The van der Waals surface area contributed by atoms with E-state index in [-0.39, 0.29) is 33.6 Å². The molecule has 0 bridgehead atoms. The van der Waals surface area contributed by atoms with Crippen molar-refractivity contribution in [2.24, 2.45) is 0 Å². The Balaban J connectivity index is 0.000000182. The molecule has 4 aromatic carbocycles. The van der Waals surface area contributed by atoms with Gasteiger partial charge < -0.3 is 7.43 Å². The summed E-state index contributed by atoms with van der Waals surface area (Å²) in [6.45, 7) is 0. The average Bonchev–Trinajstić information content (AvgIpc) is 3.08. The second-order valence-electron chi connectivity index (χ2n) is 4.31. The van der Waals surface area contributed by atoms with Crippen LogP contribution in [0.25, 0.3) is 21.5 Å². The predicted molar refractivity (Wildman–Crippen MR) is 85.5 cm³/mol. The van der Waals surface area contributed by atoms with Gasteiger partial charge in [-0.3, -0.25) is 0 Å². The molecule has 97 valence electrons. The van der Waals surface area contributed by atoms with Crippen molar-refractivity contribution in [2.75, 3.05) is 0 Å².